The van der Waals surface area contributed by atoms with Gasteiger partial charge in [0.15, 0.2) is 0 Å². The van der Waals surface area contributed by atoms with Crippen LogP contribution >= 0.6 is 24.2 Å². The molecule has 1 rings (SSSR count). The maximum absolute atomic E-state index is 12.7. The minimum Gasteiger partial charge on any atom is -0.348 e. The fourth-order valence-electron chi connectivity index (χ4n) is 1.76. The number of rotatable bonds is 6. The fraction of sp³-hybridized carbons (Fsp3) is 0.500. The quantitative estimate of drug-likeness (QED) is 0.821. The summed E-state index contributed by atoms with van der Waals surface area (Å²) in [5, 5.41) is 2.64. The third kappa shape index (κ3) is 6.46. The standard InChI is InChI=1S/C14H19F3N2OS.ClH/c1-9(19-13(20)12(18)6-7-21-2)10-4-3-5-11(8-10)14(15,16)17;/h3-5,8-9,12H,6-7,18H2,1-2H3,(H,19,20);1H/t9?,12-;/m0./s1. The molecule has 0 heterocycles. The molecule has 0 saturated carbocycles. The number of benzene rings is 1. The van der Waals surface area contributed by atoms with Gasteiger partial charge < -0.3 is 11.1 Å². The first-order chi connectivity index (χ1) is 9.75. The first-order valence-electron chi connectivity index (χ1n) is 6.47. The molecule has 8 heteroatoms. The van der Waals surface area contributed by atoms with Crippen molar-refractivity contribution in [3.8, 4) is 0 Å². The number of carbonyl (C=O) groups excluding carboxylic acids is 1. The Morgan fingerprint density at radius 2 is 2.05 bits per heavy atom. The Labute approximate surface area is 138 Å². The van der Waals surface area contributed by atoms with Gasteiger partial charge in [-0.15, -0.1) is 12.4 Å². The molecule has 0 aliphatic carbocycles. The number of amides is 1. The smallest absolute Gasteiger partial charge is 0.348 e. The lowest BCUT2D eigenvalue weighted by atomic mass is 10.0. The number of halogens is 4. The van der Waals surface area contributed by atoms with Gasteiger partial charge in [-0.2, -0.15) is 24.9 Å². The number of nitrogens with one attached hydrogen (secondary N) is 1. The molecule has 0 aliphatic heterocycles. The molecule has 0 spiro atoms. The van der Waals surface area contributed by atoms with Crippen LogP contribution < -0.4 is 11.1 Å². The highest BCUT2D eigenvalue weighted by Crippen LogP contribution is 2.30. The second-order valence-corrected chi connectivity index (χ2v) is 5.73. The lowest BCUT2D eigenvalue weighted by Gasteiger charge is -2.18. The number of hydrogen-bond donors (Lipinski definition) is 2. The van der Waals surface area contributed by atoms with Gasteiger partial charge in [-0.25, -0.2) is 0 Å². The zero-order valence-electron chi connectivity index (χ0n) is 12.3. The van der Waals surface area contributed by atoms with Gasteiger partial charge in [0.1, 0.15) is 0 Å². The van der Waals surface area contributed by atoms with Crippen molar-refractivity contribution in [3.05, 3.63) is 35.4 Å². The molecule has 2 atom stereocenters. The highest BCUT2D eigenvalue weighted by Gasteiger charge is 2.30. The molecule has 3 N–H and O–H groups in total. The van der Waals surface area contributed by atoms with E-state index < -0.39 is 23.8 Å². The largest absolute Gasteiger partial charge is 0.416 e. The molecule has 0 bridgehead atoms. The highest BCUT2D eigenvalue weighted by molar-refractivity contribution is 7.98. The second kappa shape index (κ2) is 9.27. The Morgan fingerprint density at radius 3 is 2.59 bits per heavy atom. The van der Waals surface area contributed by atoms with E-state index in [1.807, 2.05) is 6.26 Å². The Morgan fingerprint density at radius 1 is 1.41 bits per heavy atom. The Kier molecular flexibility index (Phi) is 8.88. The van der Waals surface area contributed by atoms with Crippen molar-refractivity contribution in [2.75, 3.05) is 12.0 Å². The van der Waals surface area contributed by atoms with Gasteiger partial charge in [0.2, 0.25) is 5.91 Å². The molecule has 0 aromatic heterocycles. The monoisotopic (exact) mass is 356 g/mol. The third-order valence-electron chi connectivity index (χ3n) is 3.04. The van der Waals surface area contributed by atoms with E-state index in [4.69, 9.17) is 5.73 Å². The molecule has 0 radical (unpaired) electrons. The van der Waals surface area contributed by atoms with E-state index in [1.54, 1.807) is 24.8 Å². The van der Waals surface area contributed by atoms with Crippen molar-refractivity contribution < 1.29 is 18.0 Å². The van der Waals surface area contributed by atoms with Crippen molar-refractivity contribution in [2.45, 2.75) is 31.6 Å². The molecule has 22 heavy (non-hydrogen) atoms. The lowest BCUT2D eigenvalue weighted by Crippen LogP contribution is -2.42. The van der Waals surface area contributed by atoms with E-state index in [-0.39, 0.29) is 18.3 Å². The van der Waals surface area contributed by atoms with Gasteiger partial charge in [-0.3, -0.25) is 4.79 Å². The summed E-state index contributed by atoms with van der Waals surface area (Å²) in [6, 6.07) is 3.74. The number of thioether (sulfide) groups is 1. The van der Waals surface area contributed by atoms with Crippen LogP contribution in [-0.4, -0.2) is 24.0 Å². The fourth-order valence-corrected chi connectivity index (χ4v) is 2.25. The Bertz CT molecular complexity index is 485. The molecule has 1 unspecified atom stereocenters. The molecule has 0 saturated heterocycles. The van der Waals surface area contributed by atoms with Gasteiger partial charge in [0, 0.05) is 0 Å². The average molecular weight is 357 g/mol. The highest BCUT2D eigenvalue weighted by atomic mass is 35.5. The molecule has 0 aliphatic rings. The summed E-state index contributed by atoms with van der Waals surface area (Å²) in [7, 11) is 0. The molecule has 1 aromatic carbocycles. The van der Waals surface area contributed by atoms with Gasteiger partial charge in [0.05, 0.1) is 17.6 Å². The minimum atomic E-state index is -4.39. The first-order valence-corrected chi connectivity index (χ1v) is 7.87. The zero-order valence-corrected chi connectivity index (χ0v) is 13.9. The summed E-state index contributed by atoms with van der Waals surface area (Å²) in [6.45, 7) is 1.63. The second-order valence-electron chi connectivity index (χ2n) is 4.74. The average Bonchev–Trinajstić information content (AvgIpc) is 2.43. The van der Waals surface area contributed by atoms with Crippen molar-refractivity contribution in [1.82, 2.24) is 5.32 Å². The van der Waals surface area contributed by atoms with E-state index in [0.29, 0.717) is 12.0 Å². The topological polar surface area (TPSA) is 55.1 Å². The zero-order chi connectivity index (χ0) is 16.0. The summed E-state index contributed by atoms with van der Waals surface area (Å²) in [4.78, 5) is 11.8. The molecule has 0 fully saturated rings. The lowest BCUT2D eigenvalue weighted by molar-refractivity contribution is -0.137. The van der Waals surface area contributed by atoms with Crippen LogP contribution in [0, 0.1) is 0 Å². The van der Waals surface area contributed by atoms with E-state index in [1.165, 1.54) is 6.07 Å². The Balaban J connectivity index is 0.00000441. The summed E-state index contributed by atoms with van der Waals surface area (Å²) >= 11 is 1.58. The van der Waals surface area contributed by atoms with Crippen LogP contribution in [0.4, 0.5) is 13.2 Å². The molecule has 126 valence electrons. The van der Waals surface area contributed by atoms with Crippen LogP contribution in [0.1, 0.15) is 30.5 Å². The van der Waals surface area contributed by atoms with Crippen LogP contribution in [0.2, 0.25) is 0 Å². The van der Waals surface area contributed by atoms with Crippen molar-refractivity contribution in [1.29, 1.82) is 0 Å². The number of nitrogens with two attached hydrogens (primary N) is 1. The predicted octanol–water partition coefficient (Wildman–Crippen LogP) is 3.38. The minimum absolute atomic E-state index is 0. The van der Waals surface area contributed by atoms with E-state index >= 15 is 0 Å². The summed E-state index contributed by atoms with van der Waals surface area (Å²) in [5.74, 6) is 0.404. The van der Waals surface area contributed by atoms with Gasteiger partial charge >= 0.3 is 6.18 Å². The van der Waals surface area contributed by atoms with Gasteiger partial charge in [0.25, 0.3) is 0 Å². The maximum atomic E-state index is 12.7. The number of alkyl halides is 3. The SMILES string of the molecule is CSCC[C@H](N)C(=O)NC(C)c1cccc(C(F)(F)F)c1.Cl. The maximum Gasteiger partial charge on any atom is 0.416 e. The van der Waals surface area contributed by atoms with Crippen LogP contribution in [0.3, 0.4) is 0 Å². The van der Waals surface area contributed by atoms with Crippen molar-refractivity contribution >= 4 is 30.1 Å². The van der Waals surface area contributed by atoms with Crippen LogP contribution in [0.5, 0.6) is 0 Å². The van der Waals surface area contributed by atoms with E-state index in [9.17, 15) is 18.0 Å². The van der Waals surface area contributed by atoms with Gasteiger partial charge in [-0.05, 0) is 43.0 Å². The van der Waals surface area contributed by atoms with Crippen molar-refractivity contribution in [3.63, 3.8) is 0 Å². The van der Waals surface area contributed by atoms with Crippen molar-refractivity contribution in [2.24, 2.45) is 5.73 Å². The molecule has 1 aromatic rings. The number of hydrogen-bond acceptors (Lipinski definition) is 3. The summed E-state index contributed by atoms with van der Waals surface area (Å²) in [5.41, 5.74) is 5.39. The van der Waals surface area contributed by atoms with Crippen LogP contribution in [-0.2, 0) is 11.0 Å². The normalized spacial score (nSPS) is 13.9. The van der Waals surface area contributed by atoms with E-state index in [0.717, 1.165) is 17.9 Å². The molecular formula is C14H20ClF3N2OS. The van der Waals surface area contributed by atoms with Crippen LogP contribution in [0.25, 0.3) is 0 Å². The third-order valence-corrected chi connectivity index (χ3v) is 3.69. The summed E-state index contributed by atoms with van der Waals surface area (Å²) < 4.78 is 38.0. The molecule has 1 amide bonds. The molecular weight excluding hydrogens is 337 g/mol. The summed E-state index contributed by atoms with van der Waals surface area (Å²) in [6.07, 6.45) is -1.95. The van der Waals surface area contributed by atoms with Gasteiger partial charge in [-0.1, -0.05) is 12.1 Å². The first kappa shape index (κ1) is 21.1. The Hall–Kier alpha value is -0.920. The van der Waals surface area contributed by atoms with E-state index in [2.05, 4.69) is 5.32 Å². The number of carbonyl (C=O) groups is 1. The predicted molar refractivity (Wildman–Crippen MR) is 86.2 cm³/mol. The van der Waals surface area contributed by atoms with Crippen LogP contribution in [0.15, 0.2) is 24.3 Å². The molecule has 3 nitrogen and oxygen atoms in total.